The van der Waals surface area contributed by atoms with Crippen LogP contribution in [0.5, 0.6) is 0 Å². The van der Waals surface area contributed by atoms with Crippen LogP contribution in [0, 0.1) is 11.6 Å². The molecule has 9 heteroatoms. The Morgan fingerprint density at radius 2 is 1.81 bits per heavy atom. The number of aromatic nitrogens is 2. The Bertz CT molecular complexity index is 1080. The second kappa shape index (κ2) is 9.84. The highest BCUT2D eigenvalue weighted by Gasteiger charge is 2.14. The molecule has 1 aromatic heterocycles. The average Bonchev–Trinajstić information content (AvgIpc) is 3.11. The minimum absolute atomic E-state index is 0.0993. The van der Waals surface area contributed by atoms with E-state index in [-0.39, 0.29) is 12.1 Å². The maximum absolute atomic E-state index is 13.8. The third-order valence-corrected chi connectivity index (χ3v) is 4.50. The minimum Gasteiger partial charge on any atom is -0.481 e. The van der Waals surface area contributed by atoms with Gasteiger partial charge in [-0.3, -0.25) is 10.1 Å². The molecule has 0 bridgehead atoms. The number of anilines is 2. The number of halogens is 2. The molecule has 0 aliphatic carbocycles. The van der Waals surface area contributed by atoms with Crippen LogP contribution >= 0.6 is 0 Å². The molecule has 7 nitrogen and oxygen atoms in total. The first kappa shape index (κ1) is 21.9. The molecule has 31 heavy (non-hydrogen) atoms. The predicted octanol–water partition coefficient (Wildman–Crippen LogP) is 4.76. The van der Waals surface area contributed by atoms with Crippen LogP contribution < -0.4 is 10.6 Å². The van der Waals surface area contributed by atoms with Gasteiger partial charge in [-0.15, -0.1) is 0 Å². The summed E-state index contributed by atoms with van der Waals surface area (Å²) < 4.78 is 28.4. The molecule has 3 aromatic rings. The molecule has 0 radical (unpaired) electrons. The zero-order valence-corrected chi connectivity index (χ0v) is 16.9. The molecule has 0 saturated carbocycles. The molecule has 3 N–H and O–H groups in total. The highest BCUT2D eigenvalue weighted by Crippen LogP contribution is 2.21. The molecule has 0 atom stereocenters. The van der Waals surface area contributed by atoms with Gasteiger partial charge in [0.05, 0.1) is 23.5 Å². The van der Waals surface area contributed by atoms with Crippen LogP contribution in [0.2, 0.25) is 0 Å². The third-order valence-electron chi connectivity index (χ3n) is 4.50. The zero-order valence-electron chi connectivity index (χ0n) is 16.9. The van der Waals surface area contributed by atoms with E-state index in [9.17, 15) is 18.4 Å². The highest BCUT2D eigenvalue weighted by molar-refractivity contribution is 5.99. The number of nitrogens with one attached hydrogen (secondary N) is 2. The summed E-state index contributed by atoms with van der Waals surface area (Å²) in [6.45, 7) is 2.06. The lowest BCUT2D eigenvalue weighted by Gasteiger charge is -2.11. The van der Waals surface area contributed by atoms with Gasteiger partial charge in [-0.1, -0.05) is 25.5 Å². The van der Waals surface area contributed by atoms with Crippen LogP contribution in [0.15, 0.2) is 48.5 Å². The maximum atomic E-state index is 13.8. The molecular weight excluding hydrogens is 406 g/mol. The lowest BCUT2D eigenvalue weighted by atomic mass is 10.1. The Labute approximate surface area is 177 Å². The van der Waals surface area contributed by atoms with Gasteiger partial charge in [0.2, 0.25) is 0 Å². The Morgan fingerprint density at radius 3 is 2.45 bits per heavy atom. The van der Waals surface area contributed by atoms with E-state index in [0.29, 0.717) is 29.6 Å². The minimum atomic E-state index is -0.930. The molecule has 0 aliphatic rings. The second-order valence-electron chi connectivity index (χ2n) is 6.98. The number of carboxylic acids is 1. The predicted molar refractivity (Wildman–Crippen MR) is 113 cm³/mol. The number of hydrogen-bond acceptors (Lipinski definition) is 3. The van der Waals surface area contributed by atoms with Gasteiger partial charge in [-0.2, -0.15) is 5.10 Å². The molecule has 3 rings (SSSR count). The van der Waals surface area contributed by atoms with Crippen molar-refractivity contribution in [2.24, 2.45) is 0 Å². The van der Waals surface area contributed by atoms with Gasteiger partial charge in [-0.25, -0.2) is 18.3 Å². The highest BCUT2D eigenvalue weighted by atomic mass is 19.1. The van der Waals surface area contributed by atoms with E-state index < -0.39 is 23.6 Å². The SMILES string of the molecule is CCCCc1cc(NC(=O)Nc2ccc(F)cc2F)n(-c2ccc(CC(=O)O)cc2)n1. The van der Waals surface area contributed by atoms with E-state index in [4.69, 9.17) is 5.11 Å². The number of unbranched alkanes of at least 4 members (excludes halogenated alkanes) is 1. The number of carboxylic acid groups (broad SMARTS) is 1. The Morgan fingerprint density at radius 1 is 1.06 bits per heavy atom. The molecule has 0 saturated heterocycles. The van der Waals surface area contributed by atoms with E-state index in [1.807, 2.05) is 0 Å². The second-order valence-corrected chi connectivity index (χ2v) is 6.98. The van der Waals surface area contributed by atoms with Crippen molar-refractivity contribution in [3.05, 3.63) is 71.4 Å². The third kappa shape index (κ3) is 5.88. The topological polar surface area (TPSA) is 96.2 Å². The number of rotatable bonds is 8. The van der Waals surface area contributed by atoms with Gasteiger partial charge >= 0.3 is 12.0 Å². The van der Waals surface area contributed by atoms with E-state index >= 15 is 0 Å². The lowest BCUT2D eigenvalue weighted by Crippen LogP contribution is -2.22. The summed E-state index contributed by atoms with van der Waals surface area (Å²) in [5.41, 5.74) is 1.86. The fourth-order valence-electron chi connectivity index (χ4n) is 2.99. The summed E-state index contributed by atoms with van der Waals surface area (Å²) in [6, 6.07) is 10.6. The van der Waals surface area contributed by atoms with Gasteiger partial charge in [0.15, 0.2) is 0 Å². The lowest BCUT2D eigenvalue weighted by molar-refractivity contribution is -0.136. The maximum Gasteiger partial charge on any atom is 0.324 e. The van der Waals surface area contributed by atoms with Gasteiger partial charge in [-0.05, 0) is 42.7 Å². The molecule has 2 amide bonds. The molecule has 2 aromatic carbocycles. The normalized spacial score (nSPS) is 10.7. The number of aliphatic carboxylic acids is 1. The summed E-state index contributed by atoms with van der Waals surface area (Å²) in [5, 5.41) is 18.4. The summed E-state index contributed by atoms with van der Waals surface area (Å²) in [5.74, 6) is -2.20. The van der Waals surface area contributed by atoms with Crippen LogP contribution in [0.1, 0.15) is 31.0 Å². The Balaban J connectivity index is 1.83. The molecule has 1 heterocycles. The number of benzene rings is 2. The quantitative estimate of drug-likeness (QED) is 0.482. The van der Waals surface area contributed by atoms with Crippen LogP contribution in [0.3, 0.4) is 0 Å². The largest absolute Gasteiger partial charge is 0.481 e. The van der Waals surface area contributed by atoms with Gasteiger partial charge in [0, 0.05) is 12.1 Å². The van der Waals surface area contributed by atoms with Crippen molar-refractivity contribution < 1.29 is 23.5 Å². The number of amides is 2. The monoisotopic (exact) mass is 428 g/mol. The fourth-order valence-corrected chi connectivity index (χ4v) is 2.99. The summed E-state index contributed by atoms with van der Waals surface area (Å²) in [4.78, 5) is 23.3. The summed E-state index contributed by atoms with van der Waals surface area (Å²) in [6.07, 6.45) is 2.51. The number of hydrogen-bond donors (Lipinski definition) is 3. The Hall–Kier alpha value is -3.75. The number of aryl methyl sites for hydroxylation is 1. The van der Waals surface area contributed by atoms with Crippen molar-refractivity contribution in [3.63, 3.8) is 0 Å². The fraction of sp³-hybridized carbons (Fsp3) is 0.227. The van der Waals surface area contributed by atoms with Crippen molar-refractivity contribution in [2.45, 2.75) is 32.6 Å². The number of nitrogens with zero attached hydrogens (tertiary/aromatic N) is 2. The van der Waals surface area contributed by atoms with Crippen LogP contribution in [0.25, 0.3) is 5.69 Å². The van der Waals surface area contributed by atoms with Crippen molar-refractivity contribution in [1.29, 1.82) is 0 Å². The molecular formula is C22H22F2N4O3. The smallest absolute Gasteiger partial charge is 0.324 e. The van der Waals surface area contributed by atoms with Crippen molar-refractivity contribution in [3.8, 4) is 5.69 Å². The first-order valence-electron chi connectivity index (χ1n) is 9.79. The van der Waals surface area contributed by atoms with Crippen LogP contribution in [-0.4, -0.2) is 26.9 Å². The van der Waals surface area contributed by atoms with Gasteiger partial charge in [0.25, 0.3) is 0 Å². The molecule has 0 aliphatic heterocycles. The Kier molecular flexibility index (Phi) is 6.96. The van der Waals surface area contributed by atoms with E-state index in [1.54, 1.807) is 30.3 Å². The van der Waals surface area contributed by atoms with E-state index in [1.165, 1.54) is 4.68 Å². The van der Waals surface area contributed by atoms with Crippen LogP contribution in [0.4, 0.5) is 25.1 Å². The average molecular weight is 428 g/mol. The molecule has 0 spiro atoms. The number of carbonyl (C=O) groups excluding carboxylic acids is 1. The van der Waals surface area contributed by atoms with Crippen molar-refractivity contribution in [2.75, 3.05) is 10.6 Å². The molecule has 0 unspecified atom stereocenters. The first-order chi connectivity index (χ1) is 14.9. The molecule has 0 fully saturated rings. The van der Waals surface area contributed by atoms with Gasteiger partial charge in [0.1, 0.15) is 17.5 Å². The standard InChI is InChI=1S/C22H22F2N4O3/c1-2-3-4-16-13-20(26-22(31)25-19-10-7-15(23)12-18(19)24)28(27-16)17-8-5-14(6-9-17)11-21(29)30/h5-10,12-13H,2-4,11H2,1H3,(H,29,30)(H2,25,26,31). The van der Waals surface area contributed by atoms with Crippen molar-refractivity contribution >= 4 is 23.5 Å². The van der Waals surface area contributed by atoms with E-state index in [0.717, 1.165) is 30.7 Å². The summed E-state index contributed by atoms with van der Waals surface area (Å²) in [7, 11) is 0. The number of urea groups is 1. The molecule has 162 valence electrons. The van der Waals surface area contributed by atoms with E-state index in [2.05, 4.69) is 22.7 Å². The summed E-state index contributed by atoms with van der Waals surface area (Å²) >= 11 is 0. The zero-order chi connectivity index (χ0) is 22.4. The van der Waals surface area contributed by atoms with Gasteiger partial charge < -0.3 is 10.4 Å². The first-order valence-corrected chi connectivity index (χ1v) is 9.79. The van der Waals surface area contributed by atoms with Crippen LogP contribution in [-0.2, 0) is 17.6 Å². The van der Waals surface area contributed by atoms with Crippen molar-refractivity contribution in [1.82, 2.24) is 9.78 Å². The number of carbonyl (C=O) groups is 2.